The monoisotopic (exact) mass is 188 g/mol. The molecule has 1 atom stereocenters. The van der Waals surface area contributed by atoms with Crippen molar-refractivity contribution in [2.75, 3.05) is 0 Å². The highest BCUT2D eigenvalue weighted by Gasteiger charge is 2.01. The van der Waals surface area contributed by atoms with E-state index in [9.17, 15) is 0 Å². The van der Waals surface area contributed by atoms with E-state index in [4.69, 9.17) is 0 Å². The zero-order chi connectivity index (χ0) is 10.6. The van der Waals surface area contributed by atoms with Gasteiger partial charge < -0.3 is 0 Å². The summed E-state index contributed by atoms with van der Waals surface area (Å²) in [6.07, 6.45) is 3.11. The van der Waals surface area contributed by atoms with Crippen molar-refractivity contribution in [2.45, 2.75) is 33.1 Å². The normalized spacial score (nSPS) is 12.9. The van der Waals surface area contributed by atoms with Crippen LogP contribution in [0.25, 0.3) is 0 Å². The van der Waals surface area contributed by atoms with Gasteiger partial charge in [0.25, 0.3) is 0 Å². The Morgan fingerprint density at radius 1 is 1.14 bits per heavy atom. The molecule has 0 heterocycles. The Hall–Kier alpha value is -1.04. The number of benzene rings is 1. The third-order valence-electron chi connectivity index (χ3n) is 2.61. The lowest BCUT2D eigenvalue weighted by molar-refractivity contribution is 0.724. The fourth-order valence-corrected chi connectivity index (χ4v) is 1.49. The summed E-state index contributed by atoms with van der Waals surface area (Å²) in [6.45, 7) is 10.4. The molecule has 0 nitrogen and oxygen atoms in total. The minimum Gasteiger partial charge on any atom is -0.103 e. The van der Waals surface area contributed by atoms with Crippen molar-refractivity contribution < 1.29 is 0 Å². The van der Waals surface area contributed by atoms with Gasteiger partial charge in [-0.3, -0.25) is 0 Å². The van der Waals surface area contributed by atoms with Crippen LogP contribution < -0.4 is 0 Å². The molecule has 0 amide bonds. The number of hydrogen-bond acceptors (Lipinski definition) is 0. The summed E-state index contributed by atoms with van der Waals surface area (Å²) < 4.78 is 0. The quantitative estimate of drug-likeness (QED) is 0.622. The first-order valence-corrected chi connectivity index (χ1v) is 5.35. The van der Waals surface area contributed by atoms with Crippen LogP contribution >= 0.6 is 0 Å². The Morgan fingerprint density at radius 3 is 2.14 bits per heavy atom. The number of hydrogen-bond donors (Lipinski definition) is 0. The van der Waals surface area contributed by atoms with Crippen LogP contribution in [0.3, 0.4) is 0 Å². The SMILES string of the molecule is C=CC(C)Cc1ccc(C(C)C)cc1. The molecule has 0 spiro atoms. The molecule has 0 aliphatic rings. The standard InChI is InChI=1S/C14H20/c1-5-12(4)10-13-6-8-14(9-7-13)11(2)3/h5-9,11-12H,1,10H2,2-4H3. The maximum absolute atomic E-state index is 3.80. The molecule has 0 aliphatic carbocycles. The van der Waals surface area contributed by atoms with Gasteiger partial charge in [0.2, 0.25) is 0 Å². The van der Waals surface area contributed by atoms with Gasteiger partial charge in [0.05, 0.1) is 0 Å². The van der Waals surface area contributed by atoms with Crippen molar-refractivity contribution in [3.8, 4) is 0 Å². The molecule has 1 aromatic carbocycles. The summed E-state index contributed by atoms with van der Waals surface area (Å²) >= 11 is 0. The molecule has 0 aromatic heterocycles. The fraction of sp³-hybridized carbons (Fsp3) is 0.429. The van der Waals surface area contributed by atoms with Crippen molar-refractivity contribution in [1.82, 2.24) is 0 Å². The van der Waals surface area contributed by atoms with E-state index in [1.54, 1.807) is 0 Å². The van der Waals surface area contributed by atoms with Gasteiger partial charge in [0, 0.05) is 0 Å². The van der Waals surface area contributed by atoms with E-state index in [0.29, 0.717) is 11.8 Å². The highest BCUT2D eigenvalue weighted by atomic mass is 14.1. The highest BCUT2D eigenvalue weighted by molar-refractivity contribution is 5.25. The second-order valence-electron chi connectivity index (χ2n) is 4.31. The molecule has 0 bridgehead atoms. The molecular formula is C14H20. The molecule has 0 aliphatic heterocycles. The minimum absolute atomic E-state index is 0.569. The zero-order valence-corrected chi connectivity index (χ0v) is 9.46. The molecule has 76 valence electrons. The molecular weight excluding hydrogens is 168 g/mol. The third kappa shape index (κ3) is 3.02. The Balaban J connectivity index is 2.68. The predicted octanol–water partition coefficient (Wildman–Crippen LogP) is 4.17. The molecule has 0 saturated heterocycles. The Labute approximate surface area is 87.7 Å². The van der Waals surface area contributed by atoms with Crippen LogP contribution in [0.5, 0.6) is 0 Å². The topological polar surface area (TPSA) is 0 Å². The van der Waals surface area contributed by atoms with Gasteiger partial charge in [0.15, 0.2) is 0 Å². The predicted molar refractivity (Wildman–Crippen MR) is 63.6 cm³/mol. The smallest absolute Gasteiger partial charge is 0.0218 e. The summed E-state index contributed by atoms with van der Waals surface area (Å²) in [5.41, 5.74) is 2.82. The number of allylic oxidation sites excluding steroid dienone is 1. The Kier molecular flexibility index (Phi) is 3.94. The van der Waals surface area contributed by atoms with Crippen LogP contribution in [0.1, 0.15) is 37.8 Å². The first kappa shape index (κ1) is 11.0. The van der Waals surface area contributed by atoms with Gasteiger partial charge in [-0.25, -0.2) is 0 Å². The second kappa shape index (κ2) is 4.99. The van der Waals surface area contributed by atoms with Crippen molar-refractivity contribution in [2.24, 2.45) is 5.92 Å². The van der Waals surface area contributed by atoms with E-state index in [0.717, 1.165) is 6.42 Å². The van der Waals surface area contributed by atoms with E-state index in [2.05, 4.69) is 51.6 Å². The van der Waals surface area contributed by atoms with Crippen molar-refractivity contribution in [3.05, 3.63) is 48.0 Å². The maximum atomic E-state index is 3.80. The molecule has 1 rings (SSSR count). The van der Waals surface area contributed by atoms with Gasteiger partial charge in [0.1, 0.15) is 0 Å². The van der Waals surface area contributed by atoms with Crippen LogP contribution in [0, 0.1) is 5.92 Å². The van der Waals surface area contributed by atoms with Gasteiger partial charge in [-0.1, -0.05) is 51.1 Å². The zero-order valence-electron chi connectivity index (χ0n) is 9.46. The van der Waals surface area contributed by atoms with Crippen LogP contribution in [-0.4, -0.2) is 0 Å². The van der Waals surface area contributed by atoms with Crippen molar-refractivity contribution in [3.63, 3.8) is 0 Å². The summed E-state index contributed by atoms with van der Waals surface area (Å²) in [6, 6.07) is 8.93. The first-order valence-electron chi connectivity index (χ1n) is 5.35. The molecule has 0 heteroatoms. The van der Waals surface area contributed by atoms with E-state index >= 15 is 0 Å². The van der Waals surface area contributed by atoms with E-state index in [-0.39, 0.29) is 0 Å². The van der Waals surface area contributed by atoms with Crippen LogP contribution in [0.15, 0.2) is 36.9 Å². The van der Waals surface area contributed by atoms with Crippen molar-refractivity contribution in [1.29, 1.82) is 0 Å². The third-order valence-corrected chi connectivity index (χ3v) is 2.61. The lowest BCUT2D eigenvalue weighted by Crippen LogP contribution is -1.96. The molecule has 0 radical (unpaired) electrons. The summed E-state index contributed by atoms with van der Waals surface area (Å²) in [5, 5.41) is 0. The molecule has 0 saturated carbocycles. The van der Waals surface area contributed by atoms with Crippen molar-refractivity contribution >= 4 is 0 Å². The van der Waals surface area contributed by atoms with Gasteiger partial charge in [-0.05, 0) is 29.4 Å². The van der Waals surface area contributed by atoms with Gasteiger partial charge in [-0.2, -0.15) is 0 Å². The Bertz CT molecular complexity index is 279. The molecule has 14 heavy (non-hydrogen) atoms. The lowest BCUT2D eigenvalue weighted by atomic mass is 9.97. The van der Waals surface area contributed by atoms with Gasteiger partial charge in [-0.15, -0.1) is 6.58 Å². The largest absolute Gasteiger partial charge is 0.103 e. The fourth-order valence-electron chi connectivity index (χ4n) is 1.49. The Morgan fingerprint density at radius 2 is 1.71 bits per heavy atom. The van der Waals surface area contributed by atoms with Crippen LogP contribution in [0.2, 0.25) is 0 Å². The van der Waals surface area contributed by atoms with Crippen LogP contribution in [-0.2, 0) is 6.42 Å². The highest BCUT2D eigenvalue weighted by Crippen LogP contribution is 2.16. The first-order chi connectivity index (χ1) is 6.63. The number of rotatable bonds is 4. The maximum Gasteiger partial charge on any atom is -0.0218 e. The summed E-state index contributed by atoms with van der Waals surface area (Å²) in [5.74, 6) is 1.20. The summed E-state index contributed by atoms with van der Waals surface area (Å²) in [7, 11) is 0. The van der Waals surface area contributed by atoms with E-state index < -0.39 is 0 Å². The molecule has 1 aromatic rings. The minimum atomic E-state index is 0.569. The molecule has 0 N–H and O–H groups in total. The van der Waals surface area contributed by atoms with Gasteiger partial charge >= 0.3 is 0 Å². The average molecular weight is 188 g/mol. The van der Waals surface area contributed by atoms with E-state index in [1.165, 1.54) is 11.1 Å². The average Bonchev–Trinajstić information content (AvgIpc) is 2.18. The summed E-state index contributed by atoms with van der Waals surface area (Å²) in [4.78, 5) is 0. The van der Waals surface area contributed by atoms with Crippen LogP contribution in [0.4, 0.5) is 0 Å². The molecule has 0 fully saturated rings. The second-order valence-corrected chi connectivity index (χ2v) is 4.31. The lowest BCUT2D eigenvalue weighted by Gasteiger charge is -2.08. The van der Waals surface area contributed by atoms with E-state index in [1.807, 2.05) is 6.08 Å². The molecule has 1 unspecified atom stereocenters.